The second kappa shape index (κ2) is 7.48. The molecule has 1 atom stereocenters. The Morgan fingerprint density at radius 1 is 1.35 bits per heavy atom. The molecule has 1 aliphatic heterocycles. The summed E-state index contributed by atoms with van der Waals surface area (Å²) >= 11 is 0. The van der Waals surface area contributed by atoms with Crippen molar-refractivity contribution in [2.24, 2.45) is 0 Å². The van der Waals surface area contributed by atoms with E-state index in [1.807, 2.05) is 13.8 Å². The zero-order chi connectivity index (χ0) is 18.9. The first kappa shape index (κ1) is 19.0. The summed E-state index contributed by atoms with van der Waals surface area (Å²) in [7, 11) is 4.20. The molecule has 2 fully saturated rings. The number of carbonyl (C=O) groups excluding carboxylic acids is 1. The summed E-state index contributed by atoms with van der Waals surface area (Å²) in [5.74, 6) is 0.822. The molecule has 1 aromatic rings. The minimum Gasteiger partial charge on any atom is -0.390 e. The zero-order valence-electron chi connectivity index (χ0n) is 16.4. The zero-order valence-corrected chi connectivity index (χ0v) is 16.4. The molecule has 0 radical (unpaired) electrons. The van der Waals surface area contributed by atoms with E-state index in [2.05, 4.69) is 39.2 Å². The smallest absolute Gasteiger partial charge is 0.289 e. The van der Waals surface area contributed by atoms with Gasteiger partial charge in [-0.3, -0.25) is 4.79 Å². The Hall–Kier alpha value is -1.73. The first-order valence-corrected chi connectivity index (χ1v) is 9.56. The summed E-state index contributed by atoms with van der Waals surface area (Å²) in [6, 6.07) is 0.505. The average Bonchev–Trinajstić information content (AvgIpc) is 3.05. The van der Waals surface area contributed by atoms with Gasteiger partial charge < -0.3 is 20.2 Å². The van der Waals surface area contributed by atoms with Gasteiger partial charge in [0.15, 0.2) is 0 Å². The van der Waals surface area contributed by atoms with E-state index in [-0.39, 0.29) is 11.7 Å². The van der Waals surface area contributed by atoms with Gasteiger partial charge in [0, 0.05) is 36.9 Å². The number of anilines is 1. The van der Waals surface area contributed by atoms with E-state index in [4.69, 9.17) is 0 Å². The van der Waals surface area contributed by atoms with E-state index < -0.39 is 5.60 Å². The van der Waals surface area contributed by atoms with Crippen LogP contribution in [-0.2, 0) is 0 Å². The maximum atomic E-state index is 12.5. The van der Waals surface area contributed by atoms with Gasteiger partial charge in [0.25, 0.3) is 5.91 Å². The molecule has 7 heteroatoms. The number of hydrogen-bond donors (Lipinski definition) is 2. The highest BCUT2D eigenvalue weighted by Crippen LogP contribution is 2.34. The van der Waals surface area contributed by atoms with Crippen LogP contribution in [0.25, 0.3) is 0 Å². The van der Waals surface area contributed by atoms with Gasteiger partial charge in [0.05, 0.1) is 5.60 Å². The quantitative estimate of drug-likeness (QED) is 0.794. The summed E-state index contributed by atoms with van der Waals surface area (Å²) in [6.07, 6.45) is 4.41. The SMILES string of the molecule is Cc1nc(C(=O)NCCC2(O)CCC2)nc(N2CC[C@@H](N(C)C)C2)c1C. The Labute approximate surface area is 155 Å². The molecule has 1 aromatic heterocycles. The van der Waals surface area contributed by atoms with Crippen LogP contribution in [0.3, 0.4) is 0 Å². The topological polar surface area (TPSA) is 81.6 Å². The summed E-state index contributed by atoms with van der Waals surface area (Å²) < 4.78 is 0. The third kappa shape index (κ3) is 3.99. The van der Waals surface area contributed by atoms with Gasteiger partial charge in [-0.1, -0.05) is 0 Å². The van der Waals surface area contributed by atoms with Gasteiger partial charge in [0.2, 0.25) is 5.82 Å². The standard InChI is InChI=1S/C19H31N5O2/c1-13-14(2)21-16(18(25)20-10-9-19(26)7-5-8-19)22-17(13)24-11-6-15(12-24)23(3)4/h15,26H,5-12H2,1-4H3,(H,20,25)/t15-/m1/s1. The first-order valence-electron chi connectivity index (χ1n) is 9.56. The average molecular weight is 361 g/mol. The fourth-order valence-electron chi connectivity index (χ4n) is 3.70. The molecule has 144 valence electrons. The molecular weight excluding hydrogens is 330 g/mol. The molecule has 0 unspecified atom stereocenters. The summed E-state index contributed by atoms with van der Waals surface area (Å²) in [5.41, 5.74) is 1.29. The minimum atomic E-state index is -0.584. The third-order valence-corrected chi connectivity index (χ3v) is 5.92. The summed E-state index contributed by atoms with van der Waals surface area (Å²) in [5, 5.41) is 13.0. The lowest BCUT2D eigenvalue weighted by Gasteiger charge is -2.36. The highest BCUT2D eigenvalue weighted by molar-refractivity contribution is 5.91. The molecule has 2 aliphatic rings. The number of likely N-dealkylation sites (N-methyl/N-ethyl adjacent to an activating group) is 1. The van der Waals surface area contributed by atoms with E-state index in [1.165, 1.54) is 0 Å². The maximum absolute atomic E-state index is 12.5. The molecule has 1 aliphatic carbocycles. The Balaban J connectivity index is 1.68. The van der Waals surface area contributed by atoms with E-state index in [9.17, 15) is 9.90 Å². The predicted octanol–water partition coefficient (Wildman–Crippen LogP) is 1.27. The van der Waals surface area contributed by atoms with Gasteiger partial charge in [-0.2, -0.15) is 0 Å². The number of hydrogen-bond acceptors (Lipinski definition) is 6. The molecule has 0 bridgehead atoms. The highest BCUT2D eigenvalue weighted by atomic mass is 16.3. The van der Waals surface area contributed by atoms with Gasteiger partial charge >= 0.3 is 0 Å². The second-order valence-corrected chi connectivity index (χ2v) is 8.02. The third-order valence-electron chi connectivity index (χ3n) is 5.92. The van der Waals surface area contributed by atoms with Crippen LogP contribution in [0.4, 0.5) is 5.82 Å². The number of aliphatic hydroxyl groups is 1. The largest absolute Gasteiger partial charge is 0.390 e. The molecule has 2 N–H and O–H groups in total. The number of nitrogens with zero attached hydrogens (tertiary/aromatic N) is 4. The Kier molecular flexibility index (Phi) is 5.48. The van der Waals surface area contributed by atoms with Crippen molar-refractivity contribution in [2.45, 2.75) is 57.6 Å². The molecular formula is C19H31N5O2. The van der Waals surface area contributed by atoms with Crippen molar-refractivity contribution in [3.8, 4) is 0 Å². The molecule has 2 heterocycles. The van der Waals surface area contributed by atoms with Gasteiger partial charge in [-0.25, -0.2) is 9.97 Å². The van der Waals surface area contributed by atoms with Crippen molar-refractivity contribution in [3.63, 3.8) is 0 Å². The van der Waals surface area contributed by atoms with Crippen LogP contribution in [0.5, 0.6) is 0 Å². The number of rotatable bonds is 6. The minimum absolute atomic E-state index is 0.219. The molecule has 1 amide bonds. The van der Waals surface area contributed by atoms with Crippen LogP contribution in [0.2, 0.25) is 0 Å². The van der Waals surface area contributed by atoms with Crippen LogP contribution in [0.1, 0.15) is 54.0 Å². The summed E-state index contributed by atoms with van der Waals surface area (Å²) in [6.45, 7) is 6.25. The maximum Gasteiger partial charge on any atom is 0.289 e. The number of aryl methyl sites for hydroxylation is 1. The predicted molar refractivity (Wildman–Crippen MR) is 102 cm³/mol. The van der Waals surface area contributed by atoms with Crippen LogP contribution < -0.4 is 10.2 Å². The second-order valence-electron chi connectivity index (χ2n) is 8.02. The Morgan fingerprint density at radius 3 is 2.65 bits per heavy atom. The van der Waals surface area contributed by atoms with E-state index in [1.54, 1.807) is 0 Å². The van der Waals surface area contributed by atoms with Crippen molar-refractivity contribution in [3.05, 3.63) is 17.1 Å². The fraction of sp³-hybridized carbons (Fsp3) is 0.737. The molecule has 1 saturated carbocycles. The molecule has 0 spiro atoms. The lowest BCUT2D eigenvalue weighted by atomic mass is 9.78. The number of carbonyl (C=O) groups is 1. The normalized spacial score (nSPS) is 21.8. The van der Waals surface area contributed by atoms with Crippen LogP contribution >= 0.6 is 0 Å². The molecule has 0 aromatic carbocycles. The van der Waals surface area contributed by atoms with Crippen LogP contribution in [0.15, 0.2) is 0 Å². The molecule has 26 heavy (non-hydrogen) atoms. The number of amides is 1. The van der Waals surface area contributed by atoms with E-state index in [0.717, 1.165) is 55.8 Å². The lowest BCUT2D eigenvalue weighted by molar-refractivity contribution is -0.0390. The fourth-order valence-corrected chi connectivity index (χ4v) is 3.70. The van der Waals surface area contributed by atoms with Crippen LogP contribution in [-0.4, -0.2) is 71.3 Å². The van der Waals surface area contributed by atoms with Gasteiger partial charge in [-0.05, 0) is 60.0 Å². The van der Waals surface area contributed by atoms with Crippen molar-refractivity contribution < 1.29 is 9.90 Å². The number of aromatic nitrogens is 2. The Bertz CT molecular complexity index is 672. The van der Waals surface area contributed by atoms with Crippen molar-refractivity contribution >= 4 is 11.7 Å². The van der Waals surface area contributed by atoms with Gasteiger partial charge in [0.1, 0.15) is 5.82 Å². The van der Waals surface area contributed by atoms with E-state index in [0.29, 0.717) is 19.0 Å². The molecule has 1 saturated heterocycles. The van der Waals surface area contributed by atoms with Crippen molar-refractivity contribution in [1.29, 1.82) is 0 Å². The highest BCUT2D eigenvalue weighted by Gasteiger charge is 2.34. The van der Waals surface area contributed by atoms with Crippen LogP contribution in [0, 0.1) is 13.8 Å². The lowest BCUT2D eigenvalue weighted by Crippen LogP contribution is -2.40. The van der Waals surface area contributed by atoms with Crippen molar-refractivity contribution in [1.82, 2.24) is 20.2 Å². The molecule has 7 nitrogen and oxygen atoms in total. The van der Waals surface area contributed by atoms with Crippen molar-refractivity contribution in [2.75, 3.05) is 38.6 Å². The molecule has 3 rings (SSSR count). The van der Waals surface area contributed by atoms with E-state index >= 15 is 0 Å². The summed E-state index contributed by atoms with van der Waals surface area (Å²) in [4.78, 5) is 26.0. The monoisotopic (exact) mass is 361 g/mol. The first-order chi connectivity index (χ1) is 12.3. The van der Waals surface area contributed by atoms with Gasteiger partial charge in [-0.15, -0.1) is 0 Å². The number of nitrogens with one attached hydrogen (secondary N) is 1. The Morgan fingerprint density at radius 2 is 2.08 bits per heavy atom.